The molecule has 1 N–H and O–H groups in total. The molecule has 2 rings (SSSR count). The van der Waals surface area contributed by atoms with Gasteiger partial charge in [-0.2, -0.15) is 0 Å². The molecule has 1 atom stereocenters. The molecular formula is C15H23N. The third-order valence-corrected chi connectivity index (χ3v) is 3.65. The van der Waals surface area contributed by atoms with Gasteiger partial charge in [-0.05, 0) is 62.7 Å². The standard InChI is InChI=1S/C15H23N/c1-3-14-7-6-12(2)9-15(14)10-13-5-4-8-16-11-13/h6-7,9,13,16H,3-5,8,10-11H2,1-2H3. The van der Waals surface area contributed by atoms with Gasteiger partial charge < -0.3 is 5.32 Å². The third kappa shape index (κ3) is 2.85. The lowest BCUT2D eigenvalue weighted by molar-refractivity contribution is 0.375. The van der Waals surface area contributed by atoms with E-state index in [0.29, 0.717) is 0 Å². The van der Waals surface area contributed by atoms with Crippen LogP contribution in [-0.4, -0.2) is 13.1 Å². The summed E-state index contributed by atoms with van der Waals surface area (Å²) in [6, 6.07) is 6.93. The van der Waals surface area contributed by atoms with E-state index in [1.165, 1.54) is 43.5 Å². The zero-order valence-electron chi connectivity index (χ0n) is 10.6. The van der Waals surface area contributed by atoms with E-state index in [9.17, 15) is 0 Å². The highest BCUT2D eigenvalue weighted by atomic mass is 14.9. The van der Waals surface area contributed by atoms with Crippen molar-refractivity contribution in [2.24, 2.45) is 5.92 Å². The SMILES string of the molecule is CCc1ccc(C)cc1CC1CCCNC1. The Hall–Kier alpha value is -0.820. The van der Waals surface area contributed by atoms with Crippen LogP contribution in [0.15, 0.2) is 18.2 Å². The van der Waals surface area contributed by atoms with Crippen molar-refractivity contribution in [3.63, 3.8) is 0 Å². The fraction of sp³-hybridized carbons (Fsp3) is 0.600. The molecule has 1 aliphatic rings. The topological polar surface area (TPSA) is 12.0 Å². The minimum atomic E-state index is 0.848. The summed E-state index contributed by atoms with van der Waals surface area (Å²) < 4.78 is 0. The molecular weight excluding hydrogens is 194 g/mol. The number of benzene rings is 1. The highest BCUT2D eigenvalue weighted by Crippen LogP contribution is 2.20. The lowest BCUT2D eigenvalue weighted by Crippen LogP contribution is -2.31. The minimum Gasteiger partial charge on any atom is -0.316 e. The molecule has 1 heterocycles. The molecule has 16 heavy (non-hydrogen) atoms. The number of aryl methyl sites for hydroxylation is 2. The van der Waals surface area contributed by atoms with E-state index in [-0.39, 0.29) is 0 Å². The molecule has 1 heteroatoms. The van der Waals surface area contributed by atoms with Crippen molar-refractivity contribution in [3.05, 3.63) is 34.9 Å². The molecule has 0 spiro atoms. The van der Waals surface area contributed by atoms with Crippen LogP contribution in [0.3, 0.4) is 0 Å². The molecule has 88 valence electrons. The zero-order chi connectivity index (χ0) is 11.4. The largest absolute Gasteiger partial charge is 0.316 e. The summed E-state index contributed by atoms with van der Waals surface area (Å²) in [5, 5.41) is 3.51. The second kappa shape index (κ2) is 5.49. The first-order valence-corrected chi connectivity index (χ1v) is 6.58. The van der Waals surface area contributed by atoms with Crippen LogP contribution in [0.2, 0.25) is 0 Å². The van der Waals surface area contributed by atoms with Crippen LogP contribution in [0.25, 0.3) is 0 Å². The van der Waals surface area contributed by atoms with Crippen LogP contribution < -0.4 is 5.32 Å². The number of rotatable bonds is 3. The fourth-order valence-electron chi connectivity index (χ4n) is 2.70. The van der Waals surface area contributed by atoms with Crippen molar-refractivity contribution in [3.8, 4) is 0 Å². The Balaban J connectivity index is 2.09. The Bertz CT molecular complexity index is 337. The minimum absolute atomic E-state index is 0.848. The Morgan fingerprint density at radius 3 is 2.88 bits per heavy atom. The molecule has 1 fully saturated rings. The van der Waals surface area contributed by atoms with Gasteiger partial charge in [0, 0.05) is 0 Å². The van der Waals surface area contributed by atoms with Crippen LogP contribution in [-0.2, 0) is 12.8 Å². The molecule has 1 nitrogen and oxygen atoms in total. The van der Waals surface area contributed by atoms with Crippen molar-refractivity contribution in [2.45, 2.75) is 39.5 Å². The van der Waals surface area contributed by atoms with Gasteiger partial charge in [-0.15, -0.1) is 0 Å². The molecule has 0 bridgehead atoms. The van der Waals surface area contributed by atoms with Gasteiger partial charge in [0.1, 0.15) is 0 Å². The highest BCUT2D eigenvalue weighted by Gasteiger charge is 2.14. The van der Waals surface area contributed by atoms with E-state index in [1.54, 1.807) is 5.56 Å². The maximum atomic E-state index is 3.51. The summed E-state index contributed by atoms with van der Waals surface area (Å²) in [4.78, 5) is 0. The Labute approximate surface area is 99.3 Å². The summed E-state index contributed by atoms with van der Waals surface area (Å²) in [5.41, 5.74) is 4.52. The van der Waals surface area contributed by atoms with Gasteiger partial charge in [0.25, 0.3) is 0 Å². The molecule has 0 aliphatic carbocycles. The smallest absolute Gasteiger partial charge is 0.00173 e. The maximum absolute atomic E-state index is 3.51. The summed E-state index contributed by atoms with van der Waals surface area (Å²) in [6.07, 6.45) is 5.16. The number of nitrogens with one attached hydrogen (secondary N) is 1. The van der Waals surface area contributed by atoms with Crippen molar-refractivity contribution >= 4 is 0 Å². The molecule has 1 unspecified atom stereocenters. The van der Waals surface area contributed by atoms with Gasteiger partial charge in [-0.3, -0.25) is 0 Å². The summed E-state index contributed by atoms with van der Waals surface area (Å²) in [6.45, 7) is 6.87. The van der Waals surface area contributed by atoms with Crippen LogP contribution in [0, 0.1) is 12.8 Å². The summed E-state index contributed by atoms with van der Waals surface area (Å²) >= 11 is 0. The Morgan fingerprint density at radius 2 is 2.19 bits per heavy atom. The first-order valence-electron chi connectivity index (χ1n) is 6.58. The van der Waals surface area contributed by atoms with E-state index in [0.717, 1.165) is 12.3 Å². The van der Waals surface area contributed by atoms with Gasteiger partial charge >= 0.3 is 0 Å². The van der Waals surface area contributed by atoms with Gasteiger partial charge in [-0.25, -0.2) is 0 Å². The Morgan fingerprint density at radius 1 is 1.31 bits per heavy atom. The normalized spacial score (nSPS) is 21.0. The lowest BCUT2D eigenvalue weighted by Gasteiger charge is -2.23. The van der Waals surface area contributed by atoms with Crippen LogP contribution in [0.1, 0.15) is 36.5 Å². The van der Waals surface area contributed by atoms with Gasteiger partial charge in [0.05, 0.1) is 0 Å². The number of hydrogen-bond donors (Lipinski definition) is 1. The highest BCUT2D eigenvalue weighted by molar-refractivity contribution is 5.32. The second-order valence-electron chi connectivity index (χ2n) is 5.04. The number of hydrogen-bond acceptors (Lipinski definition) is 1. The first kappa shape index (κ1) is 11.7. The van der Waals surface area contributed by atoms with Gasteiger partial charge in [-0.1, -0.05) is 30.7 Å². The van der Waals surface area contributed by atoms with Crippen LogP contribution >= 0.6 is 0 Å². The van der Waals surface area contributed by atoms with Crippen molar-refractivity contribution in [1.82, 2.24) is 5.32 Å². The summed E-state index contributed by atoms with van der Waals surface area (Å²) in [7, 11) is 0. The van der Waals surface area contributed by atoms with E-state index < -0.39 is 0 Å². The first-order chi connectivity index (χ1) is 7.79. The maximum Gasteiger partial charge on any atom is -0.00173 e. The third-order valence-electron chi connectivity index (χ3n) is 3.65. The van der Waals surface area contributed by atoms with E-state index in [4.69, 9.17) is 0 Å². The van der Waals surface area contributed by atoms with Crippen molar-refractivity contribution < 1.29 is 0 Å². The average Bonchev–Trinajstić information content (AvgIpc) is 2.31. The average molecular weight is 217 g/mol. The quantitative estimate of drug-likeness (QED) is 0.820. The van der Waals surface area contributed by atoms with Gasteiger partial charge in [0.15, 0.2) is 0 Å². The van der Waals surface area contributed by atoms with Crippen molar-refractivity contribution in [1.29, 1.82) is 0 Å². The molecule has 1 aromatic rings. The van der Waals surface area contributed by atoms with Crippen LogP contribution in [0.5, 0.6) is 0 Å². The Kier molecular flexibility index (Phi) is 4.00. The van der Waals surface area contributed by atoms with E-state index >= 15 is 0 Å². The number of piperidine rings is 1. The molecule has 0 radical (unpaired) electrons. The van der Waals surface area contributed by atoms with E-state index in [2.05, 4.69) is 37.4 Å². The monoisotopic (exact) mass is 217 g/mol. The predicted octanol–water partition coefficient (Wildman–Crippen LogP) is 3.10. The van der Waals surface area contributed by atoms with E-state index in [1.807, 2.05) is 0 Å². The molecule has 0 saturated carbocycles. The van der Waals surface area contributed by atoms with Crippen molar-refractivity contribution in [2.75, 3.05) is 13.1 Å². The zero-order valence-corrected chi connectivity index (χ0v) is 10.6. The predicted molar refractivity (Wildman–Crippen MR) is 69.9 cm³/mol. The lowest BCUT2D eigenvalue weighted by atomic mass is 9.89. The molecule has 1 aromatic carbocycles. The van der Waals surface area contributed by atoms with Crippen LogP contribution in [0.4, 0.5) is 0 Å². The molecule has 0 amide bonds. The van der Waals surface area contributed by atoms with Gasteiger partial charge in [0.2, 0.25) is 0 Å². The fourth-order valence-corrected chi connectivity index (χ4v) is 2.70. The molecule has 1 saturated heterocycles. The molecule has 0 aromatic heterocycles. The summed E-state index contributed by atoms with van der Waals surface area (Å²) in [5.74, 6) is 0.848. The second-order valence-corrected chi connectivity index (χ2v) is 5.04. The molecule has 1 aliphatic heterocycles.